The van der Waals surface area contributed by atoms with Crippen LogP contribution in [0.2, 0.25) is 0 Å². The molecule has 1 aromatic rings. The first-order valence-electron chi connectivity index (χ1n) is 14.5. The summed E-state index contributed by atoms with van der Waals surface area (Å²) in [7, 11) is 1.38. The number of halogens is 3. The fraction of sp³-hybridized carbons (Fsp3) is 0.724. The topological polar surface area (TPSA) is 80.3 Å². The highest BCUT2D eigenvalue weighted by Gasteiger charge is 2.47. The number of hydrogen-bond donors (Lipinski definition) is 1. The number of ether oxygens (including phenoxy) is 3. The number of rotatable bonds is 8. The van der Waals surface area contributed by atoms with Crippen molar-refractivity contribution in [3.05, 3.63) is 29.3 Å². The Morgan fingerprint density at radius 2 is 1.90 bits per heavy atom. The molecule has 0 radical (unpaired) electrons. The van der Waals surface area contributed by atoms with Crippen molar-refractivity contribution >= 4 is 12.0 Å². The maximum atomic E-state index is 13.1. The maximum absolute atomic E-state index is 13.1. The molecule has 1 atom stereocenters. The zero-order valence-electron chi connectivity index (χ0n) is 23.1. The van der Waals surface area contributed by atoms with Crippen LogP contribution in [0.4, 0.5) is 18.0 Å². The molecule has 222 valence electrons. The van der Waals surface area contributed by atoms with Crippen LogP contribution in [-0.4, -0.2) is 79.9 Å². The molecule has 11 heteroatoms. The van der Waals surface area contributed by atoms with Crippen molar-refractivity contribution < 1.29 is 37.0 Å². The first-order valence-corrected chi connectivity index (χ1v) is 14.5. The zero-order chi connectivity index (χ0) is 28.3. The van der Waals surface area contributed by atoms with E-state index in [0.717, 1.165) is 57.3 Å². The molecule has 40 heavy (non-hydrogen) atoms. The summed E-state index contributed by atoms with van der Waals surface area (Å²) in [5, 5.41) is 3.06. The Labute approximate surface area is 233 Å². The highest BCUT2D eigenvalue weighted by atomic mass is 19.4. The van der Waals surface area contributed by atoms with Crippen LogP contribution in [0, 0.1) is 11.8 Å². The summed E-state index contributed by atoms with van der Waals surface area (Å²) in [6.07, 6.45) is 2.37. The number of carbonyl (C=O) groups is 2. The minimum absolute atomic E-state index is 0.0298. The van der Waals surface area contributed by atoms with Crippen LogP contribution in [0.25, 0.3) is 0 Å². The molecule has 2 amide bonds. The van der Waals surface area contributed by atoms with Gasteiger partial charge in [-0.3, -0.25) is 9.69 Å². The summed E-state index contributed by atoms with van der Waals surface area (Å²) in [5.74, 6) is 0.733. The van der Waals surface area contributed by atoms with Crippen molar-refractivity contribution in [2.24, 2.45) is 11.8 Å². The summed E-state index contributed by atoms with van der Waals surface area (Å²) >= 11 is 0. The van der Waals surface area contributed by atoms with Gasteiger partial charge in [0.15, 0.2) is 0 Å². The lowest BCUT2D eigenvalue weighted by atomic mass is 9.81. The van der Waals surface area contributed by atoms with Gasteiger partial charge in [-0.1, -0.05) is 6.07 Å². The second kappa shape index (κ2) is 12.1. The molecule has 1 unspecified atom stereocenters. The second-order valence-electron chi connectivity index (χ2n) is 11.8. The first-order chi connectivity index (χ1) is 19.1. The number of amides is 2. The third kappa shape index (κ3) is 6.84. The third-order valence-corrected chi connectivity index (χ3v) is 9.04. The smallest absolute Gasteiger partial charge is 0.416 e. The van der Waals surface area contributed by atoms with Gasteiger partial charge in [0, 0.05) is 63.7 Å². The van der Waals surface area contributed by atoms with E-state index >= 15 is 0 Å². The van der Waals surface area contributed by atoms with Crippen LogP contribution in [0.15, 0.2) is 18.2 Å². The second-order valence-corrected chi connectivity index (χ2v) is 11.8. The van der Waals surface area contributed by atoms with Gasteiger partial charge in [0.1, 0.15) is 11.4 Å². The van der Waals surface area contributed by atoms with E-state index in [1.165, 1.54) is 13.2 Å². The predicted octanol–water partition coefficient (Wildman–Crippen LogP) is 4.60. The van der Waals surface area contributed by atoms with E-state index < -0.39 is 17.3 Å². The predicted molar refractivity (Wildman–Crippen MR) is 141 cm³/mol. The van der Waals surface area contributed by atoms with E-state index in [0.29, 0.717) is 63.6 Å². The minimum atomic E-state index is -4.42. The van der Waals surface area contributed by atoms with Gasteiger partial charge in [0.05, 0.1) is 25.3 Å². The van der Waals surface area contributed by atoms with E-state index in [9.17, 15) is 22.8 Å². The van der Waals surface area contributed by atoms with Gasteiger partial charge in [-0.25, -0.2) is 4.79 Å². The molecule has 0 aromatic heterocycles. The summed E-state index contributed by atoms with van der Waals surface area (Å²) < 4.78 is 56.0. The van der Waals surface area contributed by atoms with E-state index in [-0.39, 0.29) is 29.8 Å². The highest BCUT2D eigenvalue weighted by Crippen LogP contribution is 2.38. The fourth-order valence-electron chi connectivity index (χ4n) is 6.59. The Kier molecular flexibility index (Phi) is 8.80. The summed E-state index contributed by atoms with van der Waals surface area (Å²) in [6, 6.07) is 3.61. The van der Waals surface area contributed by atoms with Crippen molar-refractivity contribution in [2.45, 2.75) is 75.8 Å². The van der Waals surface area contributed by atoms with Crippen LogP contribution in [-0.2, 0) is 27.0 Å². The van der Waals surface area contributed by atoms with Gasteiger partial charge >= 0.3 is 12.3 Å². The first kappa shape index (κ1) is 29.0. The molecule has 0 bridgehead atoms. The molecule has 1 saturated carbocycles. The Morgan fingerprint density at radius 1 is 1.15 bits per heavy atom. The number of nitrogens with one attached hydrogen (secondary N) is 1. The molecule has 1 N–H and O–H groups in total. The lowest BCUT2D eigenvalue weighted by Gasteiger charge is -2.37. The zero-order valence-corrected chi connectivity index (χ0v) is 23.1. The molecular formula is C29H40F3N3O5. The molecule has 4 fully saturated rings. The van der Waals surface area contributed by atoms with Gasteiger partial charge in [-0.15, -0.1) is 0 Å². The van der Waals surface area contributed by atoms with E-state index in [2.05, 4.69) is 10.2 Å². The summed E-state index contributed by atoms with van der Waals surface area (Å²) in [5.41, 5.74) is -0.542. The largest absolute Gasteiger partial charge is 0.496 e. The normalized spacial score (nSPS) is 27.1. The third-order valence-electron chi connectivity index (χ3n) is 9.04. The van der Waals surface area contributed by atoms with Crippen LogP contribution < -0.4 is 10.1 Å². The minimum Gasteiger partial charge on any atom is -0.496 e. The Balaban J connectivity index is 1.06. The number of carbonyl (C=O) groups excluding carboxylic acids is 2. The standard InChI is InChI=1S/C29H40F3N3O5/c1-38-25-15-23(29(30,31)32)9-8-22(25)18-34-12-10-28(11-13-34)19-35(27(37)40-28)17-20-4-6-21(7-5-20)26(36)33-16-24-3-2-14-39-24/h8-9,15,20-21,24H,2-7,10-14,16-19H2,1H3,(H,33,36). The number of nitrogens with zero attached hydrogens (tertiary/aromatic N) is 2. The molecule has 5 rings (SSSR count). The van der Waals surface area contributed by atoms with Crippen molar-refractivity contribution in [1.29, 1.82) is 0 Å². The number of hydrogen-bond acceptors (Lipinski definition) is 6. The number of methoxy groups -OCH3 is 1. The average molecular weight is 568 g/mol. The lowest BCUT2D eigenvalue weighted by Crippen LogP contribution is -2.47. The maximum Gasteiger partial charge on any atom is 0.416 e. The monoisotopic (exact) mass is 567 g/mol. The molecule has 3 heterocycles. The van der Waals surface area contributed by atoms with Gasteiger partial charge < -0.3 is 24.4 Å². The quantitative estimate of drug-likeness (QED) is 0.495. The molecule has 3 saturated heterocycles. The molecular weight excluding hydrogens is 527 g/mol. The van der Waals surface area contributed by atoms with Crippen LogP contribution >= 0.6 is 0 Å². The molecule has 4 aliphatic rings. The van der Waals surface area contributed by atoms with Gasteiger partial charge in [-0.2, -0.15) is 13.2 Å². The number of piperidine rings is 1. The molecule has 1 aliphatic carbocycles. The van der Waals surface area contributed by atoms with Gasteiger partial charge in [0.2, 0.25) is 5.91 Å². The highest BCUT2D eigenvalue weighted by molar-refractivity contribution is 5.78. The number of alkyl halides is 3. The van der Waals surface area contributed by atoms with Crippen molar-refractivity contribution in [1.82, 2.24) is 15.1 Å². The fourth-order valence-corrected chi connectivity index (χ4v) is 6.59. The van der Waals surface area contributed by atoms with Crippen molar-refractivity contribution in [2.75, 3.05) is 46.4 Å². The van der Waals surface area contributed by atoms with Crippen LogP contribution in [0.1, 0.15) is 62.5 Å². The van der Waals surface area contributed by atoms with Gasteiger partial charge in [0.25, 0.3) is 0 Å². The van der Waals surface area contributed by atoms with Crippen molar-refractivity contribution in [3.63, 3.8) is 0 Å². The van der Waals surface area contributed by atoms with E-state index in [4.69, 9.17) is 14.2 Å². The van der Waals surface area contributed by atoms with E-state index in [1.807, 2.05) is 4.90 Å². The van der Waals surface area contributed by atoms with Crippen LogP contribution in [0.5, 0.6) is 5.75 Å². The molecule has 1 aromatic carbocycles. The number of likely N-dealkylation sites (tertiary alicyclic amines) is 1. The van der Waals surface area contributed by atoms with Gasteiger partial charge in [-0.05, 0) is 56.6 Å². The lowest BCUT2D eigenvalue weighted by molar-refractivity contribution is -0.137. The Bertz CT molecular complexity index is 1050. The molecule has 3 aliphatic heterocycles. The SMILES string of the molecule is COc1cc(C(F)(F)F)ccc1CN1CCC2(CC1)CN(CC1CCC(C(=O)NCC3CCCO3)CC1)C(=O)O2. The van der Waals surface area contributed by atoms with E-state index in [1.54, 1.807) is 0 Å². The molecule has 1 spiro atoms. The van der Waals surface area contributed by atoms with Crippen molar-refractivity contribution in [3.8, 4) is 5.75 Å². The average Bonchev–Trinajstić information content (AvgIpc) is 3.56. The summed E-state index contributed by atoms with van der Waals surface area (Å²) in [4.78, 5) is 29.4. The Morgan fingerprint density at radius 3 is 2.55 bits per heavy atom. The number of benzene rings is 1. The Hall–Kier alpha value is -2.53. The molecule has 8 nitrogen and oxygen atoms in total. The summed E-state index contributed by atoms with van der Waals surface area (Å²) in [6.45, 7) is 4.41. The van der Waals surface area contributed by atoms with Crippen LogP contribution in [0.3, 0.4) is 0 Å².